The van der Waals surface area contributed by atoms with Crippen LogP contribution in [0.4, 0.5) is 0 Å². The minimum Gasteiger partial charge on any atom is -0.481 e. The van der Waals surface area contributed by atoms with Crippen molar-refractivity contribution in [3.8, 4) is 0 Å². The largest absolute Gasteiger partial charge is 0.481 e. The molecule has 0 aromatic rings. The van der Waals surface area contributed by atoms with Gasteiger partial charge in [0.05, 0.1) is 53.0 Å². The second-order valence-electron chi connectivity index (χ2n) is 19.8. The normalized spacial score (nSPS) is 32.9. The molecular weight excluding hydrogens is 805 g/mol. The lowest BCUT2D eigenvalue weighted by Crippen LogP contribution is -2.54. The number of methoxy groups -OCH3 is 2. The summed E-state index contributed by atoms with van der Waals surface area (Å²) in [6.07, 6.45) is 2.50. The number of carbonyl (C=O) groups is 6. The number of hydrogen-bond donors (Lipinski definition) is 3. The highest BCUT2D eigenvalue weighted by molar-refractivity contribution is 5.88. The van der Waals surface area contributed by atoms with Crippen LogP contribution in [0.3, 0.4) is 0 Å². The second kappa shape index (κ2) is 20.8. The quantitative estimate of drug-likeness (QED) is 0.0692. The van der Waals surface area contributed by atoms with E-state index in [1.54, 1.807) is 13.8 Å². The number of ether oxygens (including phenoxy) is 6. The van der Waals surface area contributed by atoms with Crippen molar-refractivity contribution in [2.24, 2.45) is 57.2 Å². The van der Waals surface area contributed by atoms with Gasteiger partial charge in [-0.3, -0.25) is 19.2 Å². The Morgan fingerprint density at radius 1 is 0.661 bits per heavy atom. The number of carboxylic acid groups (broad SMARTS) is 2. The zero-order valence-electron chi connectivity index (χ0n) is 38.2. The van der Waals surface area contributed by atoms with Gasteiger partial charge < -0.3 is 43.7 Å². The lowest BCUT2D eigenvalue weighted by Gasteiger charge is -2.58. The number of hydrogen-bond acceptors (Lipinski definition) is 13. The van der Waals surface area contributed by atoms with E-state index in [4.69, 9.17) is 28.4 Å². The number of aliphatic carboxylic acids is 2. The van der Waals surface area contributed by atoms with E-state index in [0.29, 0.717) is 19.3 Å². The molecule has 350 valence electrons. The molecule has 15 nitrogen and oxygen atoms in total. The zero-order chi connectivity index (χ0) is 46.4. The van der Waals surface area contributed by atoms with Crippen LogP contribution < -0.4 is 0 Å². The molecule has 15 heteroatoms. The van der Waals surface area contributed by atoms with Crippen LogP contribution in [0.5, 0.6) is 0 Å². The van der Waals surface area contributed by atoms with Gasteiger partial charge in [-0.05, 0) is 93.3 Å². The number of rotatable bonds is 20. The molecule has 4 aliphatic rings. The number of esters is 4. The summed E-state index contributed by atoms with van der Waals surface area (Å²) >= 11 is 0. The van der Waals surface area contributed by atoms with Gasteiger partial charge in [-0.25, -0.2) is 9.59 Å². The molecule has 4 saturated carbocycles. The molecule has 0 bridgehead atoms. The van der Waals surface area contributed by atoms with Gasteiger partial charge in [0.15, 0.2) is 12.2 Å². The Hall–Kier alpha value is -3.82. The van der Waals surface area contributed by atoms with Crippen molar-refractivity contribution in [2.45, 2.75) is 137 Å². The molecule has 0 radical (unpaired) electrons. The van der Waals surface area contributed by atoms with E-state index in [1.807, 2.05) is 6.92 Å². The first-order chi connectivity index (χ1) is 29.0. The third-order valence-electron chi connectivity index (χ3n) is 15.4. The molecule has 12 atom stereocenters. The molecule has 0 saturated heterocycles. The fourth-order valence-corrected chi connectivity index (χ4v) is 12.1. The molecule has 4 fully saturated rings. The number of fused-ring (bicyclic) bond motifs is 2. The van der Waals surface area contributed by atoms with Crippen LogP contribution >= 0.6 is 0 Å². The van der Waals surface area contributed by atoms with Gasteiger partial charge in [-0.15, -0.1) is 0 Å². The molecule has 0 aromatic carbocycles. The van der Waals surface area contributed by atoms with Gasteiger partial charge in [-0.1, -0.05) is 64.8 Å². The molecule has 3 N–H and O–H groups in total. The van der Waals surface area contributed by atoms with Crippen molar-refractivity contribution in [3.63, 3.8) is 0 Å². The predicted molar refractivity (Wildman–Crippen MR) is 225 cm³/mol. The van der Waals surface area contributed by atoms with Gasteiger partial charge >= 0.3 is 35.8 Å². The van der Waals surface area contributed by atoms with Crippen LogP contribution in [0.15, 0.2) is 24.3 Å². The summed E-state index contributed by atoms with van der Waals surface area (Å²) in [7, 11) is 2.29. The number of aliphatic hydroxyl groups excluding tert-OH is 1. The molecule has 4 aliphatic carbocycles. The summed E-state index contributed by atoms with van der Waals surface area (Å²) in [5.41, 5.74) is 0.111. The fourth-order valence-electron chi connectivity index (χ4n) is 12.1. The Morgan fingerprint density at radius 2 is 1.08 bits per heavy atom. The lowest BCUT2D eigenvalue weighted by atomic mass is 9.47. The van der Waals surface area contributed by atoms with Crippen LogP contribution in [0.2, 0.25) is 0 Å². The highest BCUT2D eigenvalue weighted by atomic mass is 16.6. The van der Waals surface area contributed by atoms with Gasteiger partial charge in [0.2, 0.25) is 0 Å². The Morgan fingerprint density at radius 3 is 1.48 bits per heavy atom. The van der Waals surface area contributed by atoms with E-state index < -0.39 is 89.6 Å². The molecule has 0 aliphatic heterocycles. The summed E-state index contributed by atoms with van der Waals surface area (Å²) in [5, 5.41) is 30.1. The Balaban J connectivity index is 1.55. The lowest BCUT2D eigenvalue weighted by molar-refractivity contribution is -0.182. The predicted octanol–water partition coefficient (Wildman–Crippen LogP) is 6.33. The average molecular weight is 877 g/mol. The monoisotopic (exact) mass is 876 g/mol. The van der Waals surface area contributed by atoms with Crippen molar-refractivity contribution in [1.29, 1.82) is 0 Å². The summed E-state index contributed by atoms with van der Waals surface area (Å²) in [4.78, 5) is 77.8. The first kappa shape index (κ1) is 50.8. The van der Waals surface area contributed by atoms with E-state index in [9.17, 15) is 44.1 Å². The van der Waals surface area contributed by atoms with Crippen LogP contribution in [-0.2, 0) is 57.2 Å². The van der Waals surface area contributed by atoms with E-state index >= 15 is 0 Å². The fraction of sp³-hybridized carbons (Fsp3) is 0.787. The van der Waals surface area contributed by atoms with E-state index in [0.717, 1.165) is 70.3 Å². The molecule has 0 aromatic heterocycles. The molecule has 0 heterocycles. The first-order valence-corrected chi connectivity index (χ1v) is 22.2. The van der Waals surface area contributed by atoms with Gasteiger partial charge in [0.1, 0.15) is 11.8 Å². The summed E-state index contributed by atoms with van der Waals surface area (Å²) in [6, 6.07) is 0. The Kier molecular flexibility index (Phi) is 17.0. The minimum atomic E-state index is -1.57. The van der Waals surface area contributed by atoms with Gasteiger partial charge in [-0.2, -0.15) is 0 Å². The molecule has 4 rings (SSSR count). The van der Waals surface area contributed by atoms with Crippen LogP contribution in [0, 0.1) is 57.2 Å². The second-order valence-corrected chi connectivity index (χ2v) is 19.8. The van der Waals surface area contributed by atoms with Crippen molar-refractivity contribution in [1.82, 2.24) is 0 Å². The zero-order valence-corrected chi connectivity index (χ0v) is 38.2. The first-order valence-electron chi connectivity index (χ1n) is 22.2. The van der Waals surface area contributed by atoms with E-state index in [1.165, 1.54) is 0 Å². The maximum absolute atomic E-state index is 14.2. The average Bonchev–Trinajstić information content (AvgIpc) is 3.19. The van der Waals surface area contributed by atoms with Crippen molar-refractivity contribution >= 4 is 35.8 Å². The Labute approximate surface area is 366 Å². The minimum absolute atomic E-state index is 0.00873. The van der Waals surface area contributed by atoms with Crippen molar-refractivity contribution < 1.29 is 72.5 Å². The third-order valence-corrected chi connectivity index (χ3v) is 15.4. The summed E-state index contributed by atoms with van der Waals surface area (Å²) in [5.74, 6) is -9.67. The van der Waals surface area contributed by atoms with Gasteiger partial charge in [0.25, 0.3) is 0 Å². The maximum Gasteiger partial charge on any atom is 0.335 e. The van der Waals surface area contributed by atoms with Crippen molar-refractivity contribution in [2.75, 3.05) is 40.6 Å². The number of aliphatic hydroxyl groups is 1. The van der Waals surface area contributed by atoms with E-state index in [2.05, 4.69) is 33.9 Å². The summed E-state index contributed by atoms with van der Waals surface area (Å²) in [6.45, 7) is 20.2. The SMILES string of the molecule is C=C1CC[C@H]2[C@](C)(COC(=O)[C@@H](CC(=O)O)[C@@H](OC[C@H]3C(=C)CCC4[C@](C)(CO)CCC[C@@]43C)C(=O)OC)CCC[C@]2(C)[C@H]1CO[C@@H](C(=O)OC)[C@H](CC(=O)O)C(=O)OC(C)C. The van der Waals surface area contributed by atoms with Crippen molar-refractivity contribution in [3.05, 3.63) is 24.3 Å². The molecule has 0 spiro atoms. The van der Waals surface area contributed by atoms with Crippen LogP contribution in [-0.4, -0.2) is 110 Å². The Bertz CT molecular complexity index is 1690. The summed E-state index contributed by atoms with van der Waals surface area (Å²) < 4.78 is 33.9. The molecular formula is C47H72O15. The van der Waals surface area contributed by atoms with Gasteiger partial charge in [0, 0.05) is 23.9 Å². The molecule has 0 amide bonds. The maximum atomic E-state index is 14.2. The number of carbonyl (C=O) groups excluding carboxylic acids is 4. The third kappa shape index (κ3) is 10.9. The van der Waals surface area contributed by atoms with Crippen LogP contribution in [0.25, 0.3) is 0 Å². The topological polar surface area (TPSA) is 218 Å². The smallest absolute Gasteiger partial charge is 0.335 e. The van der Waals surface area contributed by atoms with Crippen LogP contribution in [0.1, 0.15) is 119 Å². The highest BCUT2D eigenvalue weighted by Gasteiger charge is 2.57. The highest BCUT2D eigenvalue weighted by Crippen LogP contribution is 2.62. The number of carboxylic acids is 2. The van der Waals surface area contributed by atoms with E-state index in [-0.39, 0.29) is 60.9 Å². The molecule has 1 unspecified atom stereocenters. The molecule has 62 heavy (non-hydrogen) atoms. The standard InChI is InChI=1S/C47H72O15/c1-27(2)62-41(54)31(22-37(51)52)39(43(56)58-10)60-24-33-29(4)14-16-35-45(6,18-12-20-47(33,35)8)26-61-40(53)30(21-36(49)50)38(42(55)57-9)59-23-32-28(3)13-15-34-44(5,25-48)17-11-19-46(32,34)7/h27,30-35,38-39,48H,3-4,11-26H2,1-2,5-10H3,(H,49,50)(H,51,52)/t30-,31-,32-,33-,34?,35-,38+,39+,44-,45-,46+,47+/m0/s1.